The van der Waals surface area contributed by atoms with Gasteiger partial charge in [-0.15, -0.1) is 0 Å². The van der Waals surface area contributed by atoms with Gasteiger partial charge in [-0.1, -0.05) is 31.9 Å². The van der Waals surface area contributed by atoms with Crippen LogP contribution in [0.1, 0.15) is 83.1 Å². The van der Waals surface area contributed by atoms with Crippen molar-refractivity contribution in [2.75, 3.05) is 43.2 Å². The van der Waals surface area contributed by atoms with Crippen molar-refractivity contribution < 1.29 is 34.1 Å². The number of methoxy groups -OCH3 is 1. The number of esters is 1. The monoisotopic (exact) mass is 583 g/mol. The second-order valence-electron chi connectivity index (χ2n) is 11.7. The third-order valence-corrected chi connectivity index (χ3v) is 8.91. The average Bonchev–Trinajstić information content (AvgIpc) is 3.54. The molecule has 2 N–H and O–H groups in total. The number of rotatable bonds is 11. The number of amides is 3. The summed E-state index contributed by atoms with van der Waals surface area (Å²) in [6.07, 6.45) is 10.8. The molecule has 0 aromatic heterocycles. The minimum Gasteiger partial charge on any atom is -0.469 e. The van der Waals surface area contributed by atoms with Crippen LogP contribution in [-0.2, 0) is 29.5 Å². The lowest BCUT2D eigenvalue weighted by atomic mass is 9.82. The second kappa shape index (κ2) is 14.3. The number of aliphatic hydroxyl groups excluding tert-OH is 1. The highest BCUT2D eigenvalue weighted by molar-refractivity contribution is 6.08. The Morgan fingerprint density at radius 1 is 1.12 bits per heavy atom. The summed E-state index contributed by atoms with van der Waals surface area (Å²) in [7, 11) is 1.34. The Morgan fingerprint density at radius 2 is 1.90 bits per heavy atom. The smallest absolute Gasteiger partial charge is 0.305 e. The van der Waals surface area contributed by atoms with Gasteiger partial charge < -0.3 is 29.6 Å². The Morgan fingerprint density at radius 3 is 2.67 bits per heavy atom. The van der Waals surface area contributed by atoms with Crippen LogP contribution in [0.2, 0.25) is 0 Å². The summed E-state index contributed by atoms with van der Waals surface area (Å²) in [5.41, 5.74) is -0.200. The van der Waals surface area contributed by atoms with Gasteiger partial charge in [0.1, 0.15) is 0 Å². The summed E-state index contributed by atoms with van der Waals surface area (Å²) in [5, 5.41) is 21.7. The fourth-order valence-electron chi connectivity index (χ4n) is 6.38. The van der Waals surface area contributed by atoms with Crippen LogP contribution in [-0.4, -0.2) is 78.2 Å². The zero-order valence-electron chi connectivity index (χ0n) is 24.9. The number of ether oxygens (including phenoxy) is 1. The molecule has 0 unspecified atom stereocenters. The predicted molar refractivity (Wildman–Crippen MR) is 159 cm³/mol. The van der Waals surface area contributed by atoms with Crippen molar-refractivity contribution in [2.24, 2.45) is 5.92 Å². The lowest BCUT2D eigenvalue weighted by Crippen LogP contribution is -2.44. The van der Waals surface area contributed by atoms with Gasteiger partial charge in [0.25, 0.3) is 5.91 Å². The topological polar surface area (TPSA) is 128 Å². The molecule has 10 heteroatoms. The molecule has 3 heterocycles. The highest BCUT2D eigenvalue weighted by Crippen LogP contribution is 2.47. The standard InChI is InChI=1S/C32H45N3O7/c1-23(11-9-14-29(38)34-20-10-12-25(34)22-36)32(41)26-21-24(33-18-7-4-3-5-13-28(33)37)16-17-27(26)35(31(32)40)19-8-6-15-30(39)42-2/h9,11,16-17,21,23,25,36,41H,3-8,10,12-15,18-20,22H2,1-2H3/b11-9+/t23-,25-,32+/m0/s1. The number of anilines is 2. The first kappa shape index (κ1) is 31.7. The first-order valence-electron chi connectivity index (χ1n) is 15.3. The quantitative estimate of drug-likeness (QED) is 0.232. The number of likely N-dealkylation sites (tertiary alicyclic amines) is 1. The molecule has 2 saturated heterocycles. The lowest BCUT2D eigenvalue weighted by Gasteiger charge is -2.29. The number of unbranched alkanes of at least 4 members (excludes halogenated alkanes) is 1. The van der Waals surface area contributed by atoms with Crippen LogP contribution in [0.4, 0.5) is 11.4 Å². The van der Waals surface area contributed by atoms with E-state index in [1.807, 2.05) is 6.07 Å². The van der Waals surface area contributed by atoms with Crippen LogP contribution >= 0.6 is 0 Å². The minimum atomic E-state index is -1.89. The molecule has 3 aliphatic rings. The maximum Gasteiger partial charge on any atom is 0.305 e. The van der Waals surface area contributed by atoms with Gasteiger partial charge in [-0.05, 0) is 56.7 Å². The number of nitrogens with zero attached hydrogens (tertiary/aromatic N) is 3. The van der Waals surface area contributed by atoms with Crippen molar-refractivity contribution in [3.8, 4) is 0 Å². The van der Waals surface area contributed by atoms with Crippen LogP contribution in [0.5, 0.6) is 0 Å². The average molecular weight is 584 g/mol. The Kier molecular flexibility index (Phi) is 10.8. The summed E-state index contributed by atoms with van der Waals surface area (Å²) >= 11 is 0. The molecular weight excluding hydrogens is 538 g/mol. The summed E-state index contributed by atoms with van der Waals surface area (Å²) in [4.78, 5) is 56.3. The maximum atomic E-state index is 13.9. The largest absolute Gasteiger partial charge is 0.469 e. The Balaban J connectivity index is 1.58. The van der Waals surface area contributed by atoms with E-state index in [4.69, 9.17) is 4.74 Å². The number of fused-ring (bicyclic) bond motifs is 1. The molecule has 4 rings (SSSR count). The van der Waals surface area contributed by atoms with E-state index in [0.29, 0.717) is 55.8 Å². The van der Waals surface area contributed by atoms with Gasteiger partial charge >= 0.3 is 5.97 Å². The van der Waals surface area contributed by atoms with Crippen LogP contribution in [0, 0.1) is 5.92 Å². The predicted octanol–water partition coefficient (Wildman–Crippen LogP) is 3.43. The van der Waals surface area contributed by atoms with Crippen molar-refractivity contribution >= 4 is 35.1 Å². The molecule has 42 heavy (non-hydrogen) atoms. The van der Waals surface area contributed by atoms with Gasteiger partial charge in [-0.3, -0.25) is 19.2 Å². The first-order chi connectivity index (χ1) is 20.2. The van der Waals surface area contributed by atoms with Crippen molar-refractivity contribution in [1.29, 1.82) is 0 Å². The number of benzene rings is 1. The highest BCUT2D eigenvalue weighted by atomic mass is 16.5. The minimum absolute atomic E-state index is 0.0386. The van der Waals surface area contributed by atoms with E-state index in [2.05, 4.69) is 0 Å². The molecule has 0 saturated carbocycles. The van der Waals surface area contributed by atoms with Gasteiger partial charge in [0.2, 0.25) is 11.8 Å². The van der Waals surface area contributed by atoms with E-state index in [0.717, 1.165) is 38.5 Å². The molecule has 3 amide bonds. The molecule has 230 valence electrons. The number of hydrogen-bond donors (Lipinski definition) is 2. The van der Waals surface area contributed by atoms with E-state index < -0.39 is 17.4 Å². The molecule has 1 aromatic carbocycles. The van der Waals surface area contributed by atoms with Crippen LogP contribution in [0.15, 0.2) is 30.4 Å². The molecule has 3 aliphatic heterocycles. The maximum absolute atomic E-state index is 13.9. The first-order valence-corrected chi connectivity index (χ1v) is 15.3. The summed E-state index contributed by atoms with van der Waals surface area (Å²) in [6, 6.07) is 5.25. The fraction of sp³-hybridized carbons (Fsp3) is 0.625. The zero-order valence-corrected chi connectivity index (χ0v) is 24.9. The van der Waals surface area contributed by atoms with Crippen molar-refractivity contribution in [1.82, 2.24) is 4.90 Å². The molecule has 2 fully saturated rings. The van der Waals surface area contributed by atoms with Crippen LogP contribution < -0.4 is 9.80 Å². The van der Waals surface area contributed by atoms with E-state index in [9.17, 15) is 29.4 Å². The Hall–Kier alpha value is -3.24. The molecule has 0 aliphatic carbocycles. The molecule has 0 bridgehead atoms. The van der Waals surface area contributed by atoms with E-state index in [1.54, 1.807) is 45.9 Å². The number of carbonyl (C=O) groups excluding carboxylic acids is 4. The number of hydrogen-bond acceptors (Lipinski definition) is 7. The summed E-state index contributed by atoms with van der Waals surface area (Å²) in [5.74, 6) is -1.49. The third-order valence-electron chi connectivity index (χ3n) is 8.91. The Labute approximate surface area is 248 Å². The lowest BCUT2D eigenvalue weighted by molar-refractivity contribution is -0.140. The molecular formula is C32H45N3O7. The van der Waals surface area contributed by atoms with Gasteiger partial charge in [-0.2, -0.15) is 0 Å². The van der Waals surface area contributed by atoms with Gasteiger partial charge in [-0.25, -0.2) is 0 Å². The second-order valence-corrected chi connectivity index (χ2v) is 11.7. The number of carbonyl (C=O) groups is 4. The molecule has 10 nitrogen and oxygen atoms in total. The molecule has 0 spiro atoms. The van der Waals surface area contributed by atoms with E-state index in [-0.39, 0.29) is 43.3 Å². The zero-order chi connectivity index (χ0) is 30.3. The summed E-state index contributed by atoms with van der Waals surface area (Å²) in [6.45, 7) is 3.22. The van der Waals surface area contributed by atoms with Crippen molar-refractivity contribution in [3.63, 3.8) is 0 Å². The Bertz CT molecular complexity index is 1180. The highest BCUT2D eigenvalue weighted by Gasteiger charge is 2.52. The normalized spacial score (nSPS) is 23.7. The third kappa shape index (κ3) is 6.70. The van der Waals surface area contributed by atoms with Gasteiger partial charge in [0.05, 0.1) is 25.4 Å². The molecule has 0 radical (unpaired) electrons. The van der Waals surface area contributed by atoms with E-state index >= 15 is 0 Å². The molecule has 3 atom stereocenters. The summed E-state index contributed by atoms with van der Waals surface area (Å²) < 4.78 is 4.72. The van der Waals surface area contributed by atoms with E-state index in [1.165, 1.54) is 7.11 Å². The van der Waals surface area contributed by atoms with Crippen molar-refractivity contribution in [3.05, 3.63) is 35.9 Å². The number of aliphatic hydroxyl groups is 2. The van der Waals surface area contributed by atoms with Crippen molar-refractivity contribution in [2.45, 2.75) is 89.2 Å². The SMILES string of the molecule is COC(=O)CCCCN1C(=O)[C@@](O)([C@@H](C)/C=C/CC(=O)N2CCC[C@H]2CO)c2cc(N3CCCCCCC3=O)ccc21. The van der Waals surface area contributed by atoms with Crippen LogP contribution in [0.25, 0.3) is 0 Å². The van der Waals surface area contributed by atoms with Gasteiger partial charge in [0.15, 0.2) is 5.60 Å². The van der Waals surface area contributed by atoms with Gasteiger partial charge in [0, 0.05) is 56.1 Å². The fourth-order valence-corrected chi connectivity index (χ4v) is 6.38. The van der Waals surface area contributed by atoms with Crippen LogP contribution in [0.3, 0.4) is 0 Å². The molecule has 1 aromatic rings.